The van der Waals surface area contributed by atoms with Crippen molar-refractivity contribution in [2.45, 2.75) is 76.1 Å². The monoisotopic (exact) mass is 283 g/mol. The smallest absolute Gasteiger partial charge is 0.410 e. The maximum Gasteiger partial charge on any atom is 0.410 e. The van der Waals surface area contributed by atoms with E-state index in [1.54, 1.807) is 0 Å². The molecule has 2 saturated heterocycles. The highest BCUT2D eigenvalue weighted by Gasteiger charge is 2.49. The molecule has 0 saturated carbocycles. The summed E-state index contributed by atoms with van der Waals surface area (Å²) in [4.78, 5) is 25.2. The highest BCUT2D eigenvalue weighted by Crippen LogP contribution is 2.41. The van der Waals surface area contributed by atoms with Crippen LogP contribution in [0.2, 0.25) is 0 Å². The molecule has 2 fully saturated rings. The van der Waals surface area contributed by atoms with E-state index >= 15 is 0 Å². The van der Waals surface area contributed by atoms with Gasteiger partial charge in [-0.05, 0) is 46.5 Å². The highest BCUT2D eigenvalue weighted by atomic mass is 16.6. The fourth-order valence-electron chi connectivity index (χ4n) is 3.49. The van der Waals surface area contributed by atoms with Crippen molar-refractivity contribution in [3.05, 3.63) is 0 Å². The summed E-state index contributed by atoms with van der Waals surface area (Å²) in [5.41, 5.74) is 10.5. The molecule has 2 aliphatic heterocycles. The number of ether oxygens (including phenoxy) is 1. The van der Waals surface area contributed by atoms with E-state index in [4.69, 9.17) is 16.2 Å². The summed E-state index contributed by atoms with van der Waals surface area (Å²) in [6.07, 6.45) is 2.98. The van der Waals surface area contributed by atoms with E-state index in [1.165, 1.54) is 0 Å². The van der Waals surface area contributed by atoms with E-state index in [0.717, 1.165) is 12.8 Å². The zero-order chi connectivity index (χ0) is 15.1. The Labute approximate surface area is 119 Å². The molecule has 2 aliphatic rings. The Morgan fingerprint density at radius 3 is 2.15 bits per heavy atom. The highest BCUT2D eigenvalue weighted by molar-refractivity contribution is 5.75. The zero-order valence-corrected chi connectivity index (χ0v) is 12.5. The maximum atomic E-state index is 12.3. The quantitative estimate of drug-likeness (QED) is 0.793. The van der Waals surface area contributed by atoms with Crippen molar-refractivity contribution >= 4 is 12.0 Å². The minimum atomic E-state index is -0.573. The number of primary amides is 1. The summed E-state index contributed by atoms with van der Waals surface area (Å²) in [6, 6.07) is 0.126. The first kappa shape index (κ1) is 15.1. The Bertz CT molecular complexity index is 402. The Morgan fingerprint density at radius 2 is 1.75 bits per heavy atom. The predicted octanol–water partition coefficient (Wildman–Crippen LogP) is 1.12. The SMILES string of the molecule is CC(C)(C)OC(=O)N1C2CCC1CC(N)(CC(N)=O)C2. The number of nitrogens with zero attached hydrogens (tertiary/aromatic N) is 1. The average molecular weight is 283 g/mol. The van der Waals surface area contributed by atoms with Gasteiger partial charge in [0.2, 0.25) is 5.91 Å². The van der Waals surface area contributed by atoms with E-state index in [2.05, 4.69) is 0 Å². The molecule has 2 amide bonds. The molecule has 2 unspecified atom stereocenters. The molecule has 0 aromatic rings. The second-order valence-corrected chi connectivity index (χ2v) is 7.19. The van der Waals surface area contributed by atoms with Crippen molar-refractivity contribution in [2.75, 3.05) is 0 Å². The molecule has 4 N–H and O–H groups in total. The van der Waals surface area contributed by atoms with E-state index in [9.17, 15) is 9.59 Å². The number of amides is 2. The molecule has 0 radical (unpaired) electrons. The molecule has 20 heavy (non-hydrogen) atoms. The Balaban J connectivity index is 2.07. The summed E-state index contributed by atoms with van der Waals surface area (Å²) in [6.45, 7) is 5.57. The summed E-state index contributed by atoms with van der Waals surface area (Å²) < 4.78 is 5.46. The normalized spacial score (nSPS) is 33.1. The van der Waals surface area contributed by atoms with Crippen molar-refractivity contribution in [1.29, 1.82) is 0 Å². The van der Waals surface area contributed by atoms with E-state index in [-0.39, 0.29) is 30.5 Å². The van der Waals surface area contributed by atoms with Gasteiger partial charge in [0.05, 0.1) is 0 Å². The molecular weight excluding hydrogens is 258 g/mol. The molecule has 0 spiro atoms. The van der Waals surface area contributed by atoms with E-state index < -0.39 is 11.1 Å². The Morgan fingerprint density at radius 1 is 1.25 bits per heavy atom. The zero-order valence-electron chi connectivity index (χ0n) is 12.5. The number of nitrogens with two attached hydrogens (primary N) is 2. The molecule has 0 aliphatic carbocycles. The van der Waals surface area contributed by atoms with Crippen molar-refractivity contribution in [1.82, 2.24) is 4.90 Å². The lowest BCUT2D eigenvalue weighted by Crippen LogP contribution is -2.58. The molecule has 2 rings (SSSR count). The van der Waals surface area contributed by atoms with E-state index in [0.29, 0.717) is 12.8 Å². The van der Waals surface area contributed by atoms with Crippen LogP contribution in [-0.2, 0) is 9.53 Å². The van der Waals surface area contributed by atoms with Crippen LogP contribution in [0.5, 0.6) is 0 Å². The van der Waals surface area contributed by atoms with Crippen LogP contribution in [0.1, 0.15) is 52.9 Å². The number of carbonyl (C=O) groups excluding carboxylic acids is 2. The first-order chi connectivity index (χ1) is 9.10. The predicted molar refractivity (Wildman–Crippen MR) is 74.8 cm³/mol. The minimum absolute atomic E-state index is 0.0629. The van der Waals surface area contributed by atoms with Crippen LogP contribution in [-0.4, -0.2) is 40.1 Å². The van der Waals surface area contributed by atoms with Crippen LogP contribution < -0.4 is 11.5 Å². The molecule has 2 bridgehead atoms. The van der Waals surface area contributed by atoms with Gasteiger partial charge < -0.3 is 21.1 Å². The third-order valence-electron chi connectivity index (χ3n) is 4.03. The maximum absolute atomic E-state index is 12.3. The molecular formula is C14H25N3O3. The van der Waals surface area contributed by atoms with Gasteiger partial charge in [0, 0.05) is 24.0 Å². The van der Waals surface area contributed by atoms with Crippen LogP contribution in [0.3, 0.4) is 0 Å². The Hall–Kier alpha value is -1.30. The third kappa shape index (κ3) is 3.23. The first-order valence-corrected chi connectivity index (χ1v) is 7.18. The first-order valence-electron chi connectivity index (χ1n) is 7.18. The average Bonchev–Trinajstić information content (AvgIpc) is 2.48. The molecule has 2 heterocycles. The number of hydrogen-bond donors (Lipinski definition) is 2. The molecule has 6 nitrogen and oxygen atoms in total. The molecule has 2 atom stereocenters. The summed E-state index contributed by atoms with van der Waals surface area (Å²) in [7, 11) is 0. The second kappa shape index (κ2) is 4.91. The van der Waals surface area contributed by atoms with Gasteiger partial charge in [-0.2, -0.15) is 0 Å². The van der Waals surface area contributed by atoms with Crippen molar-refractivity contribution in [3.8, 4) is 0 Å². The lowest BCUT2D eigenvalue weighted by atomic mass is 9.81. The topological polar surface area (TPSA) is 98.7 Å². The van der Waals surface area contributed by atoms with Crippen LogP contribution in [0, 0.1) is 0 Å². The van der Waals surface area contributed by atoms with Gasteiger partial charge >= 0.3 is 6.09 Å². The Kier molecular flexibility index (Phi) is 3.71. The van der Waals surface area contributed by atoms with Crippen LogP contribution in [0.15, 0.2) is 0 Å². The molecule has 0 aromatic carbocycles. The van der Waals surface area contributed by atoms with Gasteiger partial charge in [-0.15, -0.1) is 0 Å². The lowest BCUT2D eigenvalue weighted by Gasteiger charge is -2.44. The molecule has 0 aromatic heterocycles. The number of hydrogen-bond acceptors (Lipinski definition) is 4. The lowest BCUT2D eigenvalue weighted by molar-refractivity contribution is -0.119. The van der Waals surface area contributed by atoms with Gasteiger partial charge in [-0.1, -0.05) is 0 Å². The van der Waals surface area contributed by atoms with Crippen LogP contribution in [0.25, 0.3) is 0 Å². The van der Waals surface area contributed by atoms with Crippen LogP contribution >= 0.6 is 0 Å². The van der Waals surface area contributed by atoms with Gasteiger partial charge in [0.1, 0.15) is 5.60 Å². The van der Waals surface area contributed by atoms with Gasteiger partial charge in [0.15, 0.2) is 0 Å². The van der Waals surface area contributed by atoms with E-state index in [1.807, 2.05) is 25.7 Å². The number of fused-ring (bicyclic) bond motifs is 2. The third-order valence-corrected chi connectivity index (χ3v) is 4.03. The molecule has 114 valence electrons. The van der Waals surface area contributed by atoms with Crippen molar-refractivity contribution in [2.24, 2.45) is 11.5 Å². The second-order valence-electron chi connectivity index (χ2n) is 7.19. The van der Waals surface area contributed by atoms with Crippen molar-refractivity contribution < 1.29 is 14.3 Å². The summed E-state index contributed by atoms with van der Waals surface area (Å²) in [5.74, 6) is -0.377. The van der Waals surface area contributed by atoms with Gasteiger partial charge in [-0.3, -0.25) is 4.79 Å². The number of rotatable bonds is 2. The van der Waals surface area contributed by atoms with Crippen molar-refractivity contribution in [3.63, 3.8) is 0 Å². The largest absolute Gasteiger partial charge is 0.444 e. The molecule has 6 heteroatoms. The minimum Gasteiger partial charge on any atom is -0.444 e. The van der Waals surface area contributed by atoms with Gasteiger partial charge in [-0.25, -0.2) is 4.79 Å². The fourth-order valence-corrected chi connectivity index (χ4v) is 3.49. The summed E-state index contributed by atoms with van der Waals surface area (Å²) in [5, 5.41) is 0. The van der Waals surface area contributed by atoms with Crippen LogP contribution in [0.4, 0.5) is 4.79 Å². The number of piperidine rings is 1. The summed E-state index contributed by atoms with van der Waals surface area (Å²) >= 11 is 0. The fraction of sp³-hybridized carbons (Fsp3) is 0.857. The number of carbonyl (C=O) groups is 2. The van der Waals surface area contributed by atoms with Gasteiger partial charge in [0.25, 0.3) is 0 Å². The standard InChI is InChI=1S/C14H25N3O3/c1-13(2,3)20-12(19)17-9-4-5-10(17)7-14(16,6-9)8-11(15)18/h9-10H,4-8,16H2,1-3H3,(H2,15,18).